The molecule has 120 valence electrons. The van der Waals surface area contributed by atoms with Gasteiger partial charge in [0.25, 0.3) is 0 Å². The quantitative estimate of drug-likeness (QED) is 0.895. The van der Waals surface area contributed by atoms with E-state index in [1.54, 1.807) is 12.1 Å². The highest BCUT2D eigenvalue weighted by Crippen LogP contribution is 2.44. The molecule has 22 heavy (non-hydrogen) atoms. The van der Waals surface area contributed by atoms with Gasteiger partial charge in [0.2, 0.25) is 5.91 Å². The third kappa shape index (κ3) is 2.90. The Morgan fingerprint density at radius 3 is 2.73 bits per heavy atom. The standard InChI is InChI=1S/C18H26N2O2/c1-2-18(22)9-3-4-15-11-20(12-16(15)18)10-13-5-7-14(8-6-13)17(19)21/h5-8,15-16,22H,2-4,9-12H2,1H3,(H2,19,21)/t15?,16?,18-/m1/s1. The van der Waals surface area contributed by atoms with E-state index in [0.717, 1.165) is 38.9 Å². The molecule has 1 saturated carbocycles. The smallest absolute Gasteiger partial charge is 0.248 e. The molecule has 1 saturated heterocycles. The Bertz CT molecular complexity index is 543. The second-order valence-electron chi connectivity index (χ2n) is 6.97. The van der Waals surface area contributed by atoms with E-state index < -0.39 is 5.60 Å². The van der Waals surface area contributed by atoms with Gasteiger partial charge in [-0.3, -0.25) is 9.69 Å². The molecule has 0 radical (unpaired) electrons. The summed E-state index contributed by atoms with van der Waals surface area (Å²) >= 11 is 0. The van der Waals surface area contributed by atoms with Crippen LogP contribution in [0, 0.1) is 11.8 Å². The molecule has 0 bridgehead atoms. The van der Waals surface area contributed by atoms with Gasteiger partial charge in [0.05, 0.1) is 5.60 Å². The van der Waals surface area contributed by atoms with Crippen LogP contribution in [0.3, 0.4) is 0 Å². The van der Waals surface area contributed by atoms with Crippen LogP contribution in [0.1, 0.15) is 48.5 Å². The maximum Gasteiger partial charge on any atom is 0.248 e. The van der Waals surface area contributed by atoms with E-state index in [2.05, 4.69) is 11.8 Å². The van der Waals surface area contributed by atoms with E-state index in [1.807, 2.05) is 12.1 Å². The van der Waals surface area contributed by atoms with Gasteiger partial charge in [-0.25, -0.2) is 0 Å². The van der Waals surface area contributed by atoms with Gasteiger partial charge < -0.3 is 10.8 Å². The maximum absolute atomic E-state index is 11.1. The number of aliphatic hydroxyl groups is 1. The summed E-state index contributed by atoms with van der Waals surface area (Å²) in [5.41, 5.74) is 6.56. The molecule has 3 rings (SSSR count). The monoisotopic (exact) mass is 302 g/mol. The molecular weight excluding hydrogens is 276 g/mol. The van der Waals surface area contributed by atoms with E-state index in [-0.39, 0.29) is 5.91 Å². The number of hydrogen-bond acceptors (Lipinski definition) is 3. The molecule has 1 aliphatic carbocycles. The molecular formula is C18H26N2O2. The average molecular weight is 302 g/mol. The number of benzene rings is 1. The van der Waals surface area contributed by atoms with E-state index in [0.29, 0.717) is 17.4 Å². The minimum atomic E-state index is -0.465. The Labute approximate surface area is 132 Å². The maximum atomic E-state index is 11.1. The molecule has 1 aliphatic heterocycles. The highest BCUT2D eigenvalue weighted by molar-refractivity contribution is 5.92. The van der Waals surface area contributed by atoms with Gasteiger partial charge in [-0.05, 0) is 42.9 Å². The lowest BCUT2D eigenvalue weighted by Crippen LogP contribution is -2.44. The highest BCUT2D eigenvalue weighted by atomic mass is 16.3. The van der Waals surface area contributed by atoms with Crippen molar-refractivity contribution in [2.24, 2.45) is 17.6 Å². The molecule has 2 unspecified atom stereocenters. The highest BCUT2D eigenvalue weighted by Gasteiger charge is 2.47. The summed E-state index contributed by atoms with van der Waals surface area (Å²) in [5.74, 6) is 0.659. The van der Waals surface area contributed by atoms with Crippen molar-refractivity contribution in [1.29, 1.82) is 0 Å². The molecule has 3 N–H and O–H groups in total. The summed E-state index contributed by atoms with van der Waals surface area (Å²) < 4.78 is 0. The van der Waals surface area contributed by atoms with Gasteiger partial charge in [-0.1, -0.05) is 25.5 Å². The molecule has 1 amide bonds. The number of fused-ring (bicyclic) bond motifs is 1. The van der Waals surface area contributed by atoms with E-state index in [9.17, 15) is 9.90 Å². The van der Waals surface area contributed by atoms with Crippen LogP contribution < -0.4 is 5.73 Å². The first-order valence-electron chi connectivity index (χ1n) is 8.35. The van der Waals surface area contributed by atoms with Crippen LogP contribution in [0.5, 0.6) is 0 Å². The summed E-state index contributed by atoms with van der Waals surface area (Å²) in [7, 11) is 0. The SMILES string of the molecule is CC[C@@]1(O)CCCC2CN(Cc3ccc(C(N)=O)cc3)CC21. The molecule has 1 heterocycles. The minimum Gasteiger partial charge on any atom is -0.390 e. The number of carbonyl (C=O) groups excluding carboxylic acids is 1. The van der Waals surface area contributed by atoms with Gasteiger partial charge in [-0.2, -0.15) is 0 Å². The topological polar surface area (TPSA) is 66.6 Å². The zero-order valence-corrected chi connectivity index (χ0v) is 13.3. The molecule has 4 heteroatoms. The number of carbonyl (C=O) groups is 1. The van der Waals surface area contributed by atoms with Crippen LogP contribution in [0.2, 0.25) is 0 Å². The lowest BCUT2D eigenvalue weighted by molar-refractivity contribution is -0.0613. The summed E-state index contributed by atoms with van der Waals surface area (Å²) in [6.07, 6.45) is 4.19. The zero-order chi connectivity index (χ0) is 15.7. The Balaban J connectivity index is 1.66. The predicted octanol–water partition coefficient (Wildman–Crippen LogP) is 2.16. The summed E-state index contributed by atoms with van der Waals surface area (Å²) in [4.78, 5) is 13.6. The number of primary amides is 1. The molecule has 4 nitrogen and oxygen atoms in total. The van der Waals surface area contributed by atoms with E-state index >= 15 is 0 Å². The first kappa shape index (κ1) is 15.5. The lowest BCUT2D eigenvalue weighted by atomic mass is 9.69. The largest absolute Gasteiger partial charge is 0.390 e. The lowest BCUT2D eigenvalue weighted by Gasteiger charge is -2.40. The number of nitrogens with zero attached hydrogens (tertiary/aromatic N) is 1. The van der Waals surface area contributed by atoms with Crippen LogP contribution >= 0.6 is 0 Å². The van der Waals surface area contributed by atoms with Gasteiger partial charge >= 0.3 is 0 Å². The first-order valence-corrected chi connectivity index (χ1v) is 8.35. The molecule has 2 aliphatic rings. The third-order valence-corrected chi connectivity index (χ3v) is 5.65. The van der Waals surface area contributed by atoms with Crippen LogP contribution in [-0.2, 0) is 6.54 Å². The summed E-state index contributed by atoms with van der Waals surface area (Å²) in [5, 5.41) is 10.9. The zero-order valence-electron chi connectivity index (χ0n) is 13.3. The Hall–Kier alpha value is -1.39. The van der Waals surface area contributed by atoms with Gasteiger partial charge in [-0.15, -0.1) is 0 Å². The Morgan fingerprint density at radius 1 is 1.36 bits per heavy atom. The van der Waals surface area contributed by atoms with Gasteiger partial charge in [0, 0.05) is 31.1 Å². The van der Waals surface area contributed by atoms with Crippen molar-refractivity contribution in [3.8, 4) is 0 Å². The number of rotatable bonds is 4. The van der Waals surface area contributed by atoms with E-state index in [1.165, 1.54) is 12.0 Å². The van der Waals surface area contributed by atoms with Crippen LogP contribution in [0.15, 0.2) is 24.3 Å². The van der Waals surface area contributed by atoms with Crippen molar-refractivity contribution in [3.05, 3.63) is 35.4 Å². The third-order valence-electron chi connectivity index (χ3n) is 5.65. The van der Waals surface area contributed by atoms with Crippen molar-refractivity contribution >= 4 is 5.91 Å². The fourth-order valence-electron chi connectivity index (χ4n) is 4.32. The molecule has 1 aromatic carbocycles. The fraction of sp³-hybridized carbons (Fsp3) is 0.611. The van der Waals surface area contributed by atoms with Gasteiger partial charge in [0.15, 0.2) is 0 Å². The fourth-order valence-corrected chi connectivity index (χ4v) is 4.32. The average Bonchev–Trinajstić information content (AvgIpc) is 2.92. The second-order valence-corrected chi connectivity index (χ2v) is 6.97. The number of likely N-dealkylation sites (tertiary alicyclic amines) is 1. The minimum absolute atomic E-state index is 0.383. The first-order chi connectivity index (χ1) is 10.5. The van der Waals surface area contributed by atoms with Crippen LogP contribution in [-0.4, -0.2) is 34.6 Å². The molecule has 2 fully saturated rings. The number of hydrogen-bond donors (Lipinski definition) is 2. The van der Waals surface area contributed by atoms with Crippen molar-refractivity contribution in [3.63, 3.8) is 0 Å². The Morgan fingerprint density at radius 2 is 2.09 bits per heavy atom. The van der Waals surface area contributed by atoms with E-state index in [4.69, 9.17) is 5.73 Å². The Kier molecular flexibility index (Phi) is 4.24. The normalized spacial score (nSPS) is 31.9. The molecule has 0 aromatic heterocycles. The summed E-state index contributed by atoms with van der Waals surface area (Å²) in [6, 6.07) is 7.55. The number of nitrogens with two attached hydrogens (primary N) is 1. The predicted molar refractivity (Wildman–Crippen MR) is 86.3 cm³/mol. The summed E-state index contributed by atoms with van der Waals surface area (Å²) in [6.45, 7) is 5.04. The molecule has 1 aromatic rings. The van der Waals surface area contributed by atoms with Crippen molar-refractivity contribution < 1.29 is 9.90 Å². The van der Waals surface area contributed by atoms with Gasteiger partial charge in [0.1, 0.15) is 0 Å². The second kappa shape index (κ2) is 6.01. The van der Waals surface area contributed by atoms with Crippen molar-refractivity contribution in [1.82, 2.24) is 4.90 Å². The molecule has 3 atom stereocenters. The van der Waals surface area contributed by atoms with Crippen LogP contribution in [0.4, 0.5) is 0 Å². The number of amides is 1. The van der Waals surface area contributed by atoms with Crippen molar-refractivity contribution in [2.45, 2.75) is 44.8 Å². The molecule has 0 spiro atoms. The van der Waals surface area contributed by atoms with Crippen LogP contribution in [0.25, 0.3) is 0 Å². The van der Waals surface area contributed by atoms with Crippen molar-refractivity contribution in [2.75, 3.05) is 13.1 Å².